The van der Waals surface area contributed by atoms with Gasteiger partial charge < -0.3 is 14.4 Å². The molecule has 1 unspecified atom stereocenters. The van der Waals surface area contributed by atoms with Gasteiger partial charge in [-0.05, 0) is 36.6 Å². The molecule has 0 aromatic heterocycles. The van der Waals surface area contributed by atoms with Crippen LogP contribution in [0.5, 0.6) is 11.5 Å². The number of hydrogen-bond acceptors (Lipinski definition) is 4. The smallest absolute Gasteiger partial charge is 0.161 e. The molecule has 2 rings (SSSR count). The molecule has 1 aliphatic rings. The molecule has 5 heteroatoms. The summed E-state index contributed by atoms with van der Waals surface area (Å²) >= 11 is 3.61. The number of benzene rings is 1. The standard InChI is InChI=1S/C18H24BrNO3/c1-4-5-14-11-15(21)7-9-20(14)8-6-13-10-17(22-2)18(23-3)12-16(13)19/h7,9-10,12,14H,4-6,8,11H2,1-3H3. The van der Waals surface area contributed by atoms with Crippen LogP contribution in [0.3, 0.4) is 0 Å². The lowest BCUT2D eigenvalue weighted by molar-refractivity contribution is -0.116. The van der Waals surface area contributed by atoms with Gasteiger partial charge in [-0.15, -0.1) is 0 Å². The molecule has 1 aromatic carbocycles. The first kappa shape index (κ1) is 17.9. The van der Waals surface area contributed by atoms with Gasteiger partial charge in [0.15, 0.2) is 17.3 Å². The fourth-order valence-electron chi connectivity index (χ4n) is 2.91. The van der Waals surface area contributed by atoms with Crippen LogP contribution in [0.1, 0.15) is 31.7 Å². The first-order valence-corrected chi connectivity index (χ1v) is 8.75. The molecule has 0 saturated carbocycles. The zero-order valence-corrected chi connectivity index (χ0v) is 15.6. The predicted molar refractivity (Wildman–Crippen MR) is 95.1 cm³/mol. The van der Waals surface area contributed by atoms with Gasteiger partial charge in [-0.3, -0.25) is 4.79 Å². The molecule has 0 amide bonds. The highest BCUT2D eigenvalue weighted by Crippen LogP contribution is 2.33. The van der Waals surface area contributed by atoms with E-state index in [1.54, 1.807) is 20.3 Å². The van der Waals surface area contributed by atoms with E-state index in [9.17, 15) is 4.79 Å². The second-order valence-electron chi connectivity index (χ2n) is 5.72. The summed E-state index contributed by atoms with van der Waals surface area (Å²) in [5, 5.41) is 0. The Kier molecular flexibility index (Phi) is 6.51. The van der Waals surface area contributed by atoms with Crippen LogP contribution in [0.25, 0.3) is 0 Å². The summed E-state index contributed by atoms with van der Waals surface area (Å²) in [6.45, 7) is 3.04. The molecular weight excluding hydrogens is 358 g/mol. The molecule has 126 valence electrons. The highest BCUT2D eigenvalue weighted by Gasteiger charge is 2.21. The fraction of sp³-hybridized carbons (Fsp3) is 0.500. The molecule has 1 aliphatic heterocycles. The topological polar surface area (TPSA) is 38.8 Å². The highest BCUT2D eigenvalue weighted by molar-refractivity contribution is 9.10. The lowest BCUT2D eigenvalue weighted by atomic mass is 10.00. The van der Waals surface area contributed by atoms with E-state index in [1.165, 1.54) is 5.56 Å². The van der Waals surface area contributed by atoms with Crippen molar-refractivity contribution >= 4 is 21.7 Å². The molecular formula is C18H24BrNO3. The van der Waals surface area contributed by atoms with E-state index in [2.05, 4.69) is 27.8 Å². The summed E-state index contributed by atoms with van der Waals surface area (Å²) in [7, 11) is 3.28. The summed E-state index contributed by atoms with van der Waals surface area (Å²) in [6, 6.07) is 4.26. The average Bonchev–Trinajstić information content (AvgIpc) is 2.55. The lowest BCUT2D eigenvalue weighted by Crippen LogP contribution is -2.37. The Hall–Kier alpha value is -1.49. The molecule has 0 aliphatic carbocycles. The van der Waals surface area contributed by atoms with Gasteiger partial charge >= 0.3 is 0 Å². The maximum atomic E-state index is 11.6. The summed E-state index contributed by atoms with van der Waals surface area (Å²) < 4.78 is 11.7. The van der Waals surface area contributed by atoms with Crippen molar-refractivity contribution in [3.63, 3.8) is 0 Å². The minimum atomic E-state index is 0.229. The SMILES string of the molecule is CCCC1CC(=O)C=CN1CCc1cc(OC)c(OC)cc1Br. The lowest BCUT2D eigenvalue weighted by Gasteiger charge is -2.33. The fourth-order valence-corrected chi connectivity index (χ4v) is 3.43. The maximum absolute atomic E-state index is 11.6. The van der Waals surface area contributed by atoms with E-state index in [4.69, 9.17) is 9.47 Å². The average molecular weight is 382 g/mol. The molecule has 1 aromatic rings. The molecule has 23 heavy (non-hydrogen) atoms. The van der Waals surface area contributed by atoms with Gasteiger partial charge in [0.25, 0.3) is 0 Å². The largest absolute Gasteiger partial charge is 0.493 e. The van der Waals surface area contributed by atoms with Crippen LogP contribution >= 0.6 is 15.9 Å². The van der Waals surface area contributed by atoms with Crippen molar-refractivity contribution in [1.29, 1.82) is 0 Å². The van der Waals surface area contributed by atoms with Crippen LogP contribution in [0.15, 0.2) is 28.9 Å². The van der Waals surface area contributed by atoms with Gasteiger partial charge in [-0.1, -0.05) is 29.3 Å². The van der Waals surface area contributed by atoms with Crippen molar-refractivity contribution in [3.8, 4) is 11.5 Å². The normalized spacial score (nSPS) is 17.5. The molecule has 0 fully saturated rings. The number of rotatable bonds is 7. The number of hydrogen-bond donors (Lipinski definition) is 0. The second-order valence-corrected chi connectivity index (χ2v) is 6.57. The minimum absolute atomic E-state index is 0.229. The zero-order chi connectivity index (χ0) is 16.8. The quantitative estimate of drug-likeness (QED) is 0.716. The molecule has 0 saturated heterocycles. The summed E-state index contributed by atoms with van der Waals surface area (Å²) in [4.78, 5) is 13.9. The number of methoxy groups -OCH3 is 2. The summed E-state index contributed by atoms with van der Waals surface area (Å²) in [6.07, 6.45) is 7.26. The van der Waals surface area contributed by atoms with E-state index in [-0.39, 0.29) is 5.78 Å². The zero-order valence-electron chi connectivity index (χ0n) is 14.0. The van der Waals surface area contributed by atoms with Crippen LogP contribution in [-0.4, -0.2) is 37.5 Å². The Bertz CT molecular complexity index is 586. The summed E-state index contributed by atoms with van der Waals surface area (Å²) in [5.41, 5.74) is 1.17. The number of carbonyl (C=O) groups is 1. The van der Waals surface area contributed by atoms with Crippen molar-refractivity contribution in [2.45, 2.75) is 38.6 Å². The van der Waals surface area contributed by atoms with Gasteiger partial charge in [-0.25, -0.2) is 0 Å². The highest BCUT2D eigenvalue weighted by atomic mass is 79.9. The van der Waals surface area contributed by atoms with E-state index in [0.717, 1.165) is 41.8 Å². The number of halogens is 1. The Labute approximate surface area is 146 Å². The number of allylic oxidation sites excluding steroid dienone is 1. The van der Waals surface area contributed by atoms with Crippen molar-refractivity contribution in [2.24, 2.45) is 0 Å². The van der Waals surface area contributed by atoms with E-state index in [1.807, 2.05) is 18.3 Å². The van der Waals surface area contributed by atoms with Gasteiger partial charge in [0.1, 0.15) is 0 Å². The van der Waals surface area contributed by atoms with Gasteiger partial charge in [0.05, 0.1) is 14.2 Å². The van der Waals surface area contributed by atoms with Crippen LogP contribution in [0.4, 0.5) is 0 Å². The monoisotopic (exact) mass is 381 g/mol. The van der Waals surface area contributed by atoms with Crippen molar-refractivity contribution in [1.82, 2.24) is 4.90 Å². The first-order chi connectivity index (χ1) is 11.1. The van der Waals surface area contributed by atoms with Crippen LogP contribution in [-0.2, 0) is 11.2 Å². The minimum Gasteiger partial charge on any atom is -0.493 e. The van der Waals surface area contributed by atoms with Crippen molar-refractivity contribution in [2.75, 3.05) is 20.8 Å². The maximum Gasteiger partial charge on any atom is 0.161 e. The molecule has 0 radical (unpaired) electrons. The number of nitrogens with zero attached hydrogens (tertiary/aromatic N) is 1. The Morgan fingerprint density at radius 2 is 1.96 bits per heavy atom. The summed E-state index contributed by atoms with van der Waals surface area (Å²) in [5.74, 6) is 1.68. The molecule has 0 bridgehead atoms. The van der Waals surface area contributed by atoms with E-state index in [0.29, 0.717) is 12.5 Å². The third kappa shape index (κ3) is 4.50. The van der Waals surface area contributed by atoms with Crippen LogP contribution < -0.4 is 9.47 Å². The van der Waals surface area contributed by atoms with Crippen LogP contribution in [0, 0.1) is 0 Å². The van der Waals surface area contributed by atoms with Gasteiger partial charge in [0.2, 0.25) is 0 Å². The molecule has 4 nitrogen and oxygen atoms in total. The third-order valence-electron chi connectivity index (χ3n) is 4.17. The first-order valence-electron chi connectivity index (χ1n) is 7.96. The third-order valence-corrected chi connectivity index (χ3v) is 4.91. The number of carbonyl (C=O) groups excluding carboxylic acids is 1. The molecule has 0 N–H and O–H groups in total. The number of ether oxygens (including phenoxy) is 2. The Balaban J connectivity index is 2.10. The molecule has 0 spiro atoms. The Morgan fingerprint density at radius 3 is 2.61 bits per heavy atom. The number of ketones is 1. The molecule has 1 heterocycles. The van der Waals surface area contributed by atoms with Gasteiger partial charge in [-0.2, -0.15) is 0 Å². The van der Waals surface area contributed by atoms with E-state index >= 15 is 0 Å². The van der Waals surface area contributed by atoms with Crippen molar-refractivity contribution in [3.05, 3.63) is 34.4 Å². The van der Waals surface area contributed by atoms with Crippen molar-refractivity contribution < 1.29 is 14.3 Å². The Morgan fingerprint density at radius 1 is 1.26 bits per heavy atom. The molecule has 1 atom stereocenters. The van der Waals surface area contributed by atoms with E-state index < -0.39 is 0 Å². The van der Waals surface area contributed by atoms with Crippen LogP contribution in [0.2, 0.25) is 0 Å². The van der Waals surface area contributed by atoms with Gasteiger partial charge in [0, 0.05) is 29.7 Å². The second kappa shape index (κ2) is 8.39. The predicted octanol–water partition coefficient (Wildman–Crippen LogP) is 3.97.